The molecule has 0 aliphatic heterocycles. The highest BCUT2D eigenvalue weighted by atomic mass is 16.6. The van der Waals surface area contributed by atoms with Crippen LogP contribution in [-0.2, 0) is 28.6 Å². The molecule has 0 aromatic heterocycles. The van der Waals surface area contributed by atoms with Gasteiger partial charge in [0.1, 0.15) is 13.2 Å². The highest BCUT2D eigenvalue weighted by molar-refractivity contribution is 5.71. The summed E-state index contributed by atoms with van der Waals surface area (Å²) in [5.41, 5.74) is 0. The summed E-state index contributed by atoms with van der Waals surface area (Å²) in [5.74, 6) is 0.721. The first-order valence-electron chi connectivity index (χ1n) is 18.8. The summed E-state index contributed by atoms with van der Waals surface area (Å²) < 4.78 is 16.5. The van der Waals surface area contributed by atoms with Gasteiger partial charge < -0.3 is 14.2 Å². The molecule has 0 saturated carbocycles. The molecular formula is C38H72O6. The van der Waals surface area contributed by atoms with E-state index in [9.17, 15) is 14.4 Å². The SMILES string of the molecule is CCCCCCCC(=O)OC[C@H](COC(=O)CCCCCCCCC(C)CC)OC(=O)CCCCCCCCCCC(C)C. The van der Waals surface area contributed by atoms with Crippen molar-refractivity contribution in [1.29, 1.82) is 0 Å². The number of hydrogen-bond donors (Lipinski definition) is 0. The van der Waals surface area contributed by atoms with E-state index in [0.29, 0.717) is 19.3 Å². The fourth-order valence-corrected chi connectivity index (χ4v) is 5.31. The highest BCUT2D eigenvalue weighted by Gasteiger charge is 2.19. The predicted molar refractivity (Wildman–Crippen MR) is 183 cm³/mol. The van der Waals surface area contributed by atoms with E-state index in [4.69, 9.17) is 14.2 Å². The number of carbonyl (C=O) groups is 3. The van der Waals surface area contributed by atoms with Crippen LogP contribution in [0.4, 0.5) is 0 Å². The van der Waals surface area contributed by atoms with Crippen LogP contribution in [0, 0.1) is 11.8 Å². The molecule has 0 heterocycles. The van der Waals surface area contributed by atoms with Gasteiger partial charge in [-0.1, -0.05) is 157 Å². The third kappa shape index (κ3) is 30.4. The lowest BCUT2D eigenvalue weighted by Crippen LogP contribution is -2.30. The fraction of sp³-hybridized carbons (Fsp3) is 0.921. The molecule has 0 saturated heterocycles. The maximum absolute atomic E-state index is 12.5. The van der Waals surface area contributed by atoms with Gasteiger partial charge in [-0.05, 0) is 31.1 Å². The summed E-state index contributed by atoms with van der Waals surface area (Å²) in [7, 11) is 0. The minimum atomic E-state index is -0.758. The van der Waals surface area contributed by atoms with Crippen molar-refractivity contribution < 1.29 is 28.6 Å². The highest BCUT2D eigenvalue weighted by Crippen LogP contribution is 2.16. The van der Waals surface area contributed by atoms with E-state index in [2.05, 4.69) is 34.6 Å². The molecule has 0 aliphatic rings. The van der Waals surface area contributed by atoms with Crippen LogP contribution in [0.2, 0.25) is 0 Å². The second-order valence-corrected chi connectivity index (χ2v) is 13.6. The van der Waals surface area contributed by atoms with Crippen LogP contribution in [-0.4, -0.2) is 37.2 Å². The van der Waals surface area contributed by atoms with Crippen LogP contribution < -0.4 is 0 Å². The Morgan fingerprint density at radius 2 is 0.864 bits per heavy atom. The topological polar surface area (TPSA) is 78.9 Å². The first kappa shape index (κ1) is 42.4. The van der Waals surface area contributed by atoms with Gasteiger partial charge in [0.25, 0.3) is 0 Å². The molecule has 6 heteroatoms. The first-order valence-corrected chi connectivity index (χ1v) is 18.8. The number of carbonyl (C=O) groups excluding carboxylic acids is 3. The van der Waals surface area contributed by atoms with Crippen molar-refractivity contribution in [2.24, 2.45) is 11.8 Å². The van der Waals surface area contributed by atoms with E-state index in [1.54, 1.807) is 0 Å². The standard InChI is InChI=1S/C38H72O6/c1-6-8-9-16-23-28-36(39)42-31-35(32-43-37(40)29-24-19-15-14-18-22-27-34(5)7-2)44-38(41)30-25-20-13-11-10-12-17-21-26-33(3)4/h33-35H,6-32H2,1-5H3/t34?,35-/m1/s1. The molecule has 0 rings (SSSR count). The molecule has 6 nitrogen and oxygen atoms in total. The summed E-state index contributed by atoms with van der Waals surface area (Å²) in [5, 5.41) is 0. The van der Waals surface area contributed by atoms with E-state index in [-0.39, 0.29) is 31.1 Å². The summed E-state index contributed by atoms with van der Waals surface area (Å²) in [6, 6.07) is 0. The van der Waals surface area contributed by atoms with Crippen molar-refractivity contribution in [2.45, 2.75) is 201 Å². The quantitative estimate of drug-likeness (QED) is 0.0421. The van der Waals surface area contributed by atoms with Crippen LogP contribution >= 0.6 is 0 Å². The van der Waals surface area contributed by atoms with Crippen LogP contribution in [0.5, 0.6) is 0 Å². The monoisotopic (exact) mass is 625 g/mol. The normalized spacial score (nSPS) is 12.7. The summed E-state index contributed by atoms with van der Waals surface area (Å²) >= 11 is 0. The first-order chi connectivity index (χ1) is 21.3. The average molecular weight is 625 g/mol. The van der Waals surface area contributed by atoms with E-state index >= 15 is 0 Å². The number of rotatable bonds is 32. The maximum atomic E-state index is 12.5. The number of esters is 3. The Balaban J connectivity index is 4.32. The number of hydrogen-bond acceptors (Lipinski definition) is 6. The average Bonchev–Trinajstić information content (AvgIpc) is 3.00. The number of ether oxygens (including phenoxy) is 3. The Kier molecular flexibility index (Phi) is 30.3. The predicted octanol–water partition coefficient (Wildman–Crippen LogP) is 11.1. The summed E-state index contributed by atoms with van der Waals surface area (Å²) in [6.07, 6.45) is 25.5. The lowest BCUT2D eigenvalue weighted by molar-refractivity contribution is -0.167. The van der Waals surface area contributed by atoms with E-state index < -0.39 is 6.10 Å². The van der Waals surface area contributed by atoms with Crippen molar-refractivity contribution in [2.75, 3.05) is 13.2 Å². The van der Waals surface area contributed by atoms with Crippen LogP contribution in [0.15, 0.2) is 0 Å². The van der Waals surface area contributed by atoms with Gasteiger partial charge in [0.05, 0.1) is 0 Å². The van der Waals surface area contributed by atoms with Gasteiger partial charge in [0.15, 0.2) is 6.10 Å². The van der Waals surface area contributed by atoms with Crippen molar-refractivity contribution >= 4 is 17.9 Å². The molecule has 0 amide bonds. The van der Waals surface area contributed by atoms with Gasteiger partial charge in [-0.25, -0.2) is 0 Å². The molecule has 44 heavy (non-hydrogen) atoms. The smallest absolute Gasteiger partial charge is 0.306 e. The molecule has 0 aromatic rings. The third-order valence-electron chi connectivity index (χ3n) is 8.58. The zero-order chi connectivity index (χ0) is 32.7. The van der Waals surface area contributed by atoms with Gasteiger partial charge in [-0.2, -0.15) is 0 Å². The summed E-state index contributed by atoms with van der Waals surface area (Å²) in [4.78, 5) is 37.1. The molecule has 0 radical (unpaired) electrons. The Morgan fingerprint density at radius 1 is 0.477 bits per heavy atom. The molecule has 0 aliphatic carbocycles. The molecule has 0 spiro atoms. The maximum Gasteiger partial charge on any atom is 0.306 e. The molecule has 0 fully saturated rings. The third-order valence-corrected chi connectivity index (χ3v) is 8.58. The Hall–Kier alpha value is -1.59. The van der Waals surface area contributed by atoms with Crippen molar-refractivity contribution in [3.05, 3.63) is 0 Å². The molecular weight excluding hydrogens is 552 g/mol. The lowest BCUT2D eigenvalue weighted by atomic mass is 10.00. The van der Waals surface area contributed by atoms with E-state index in [1.807, 2.05) is 0 Å². The second-order valence-electron chi connectivity index (χ2n) is 13.6. The molecule has 260 valence electrons. The fourth-order valence-electron chi connectivity index (χ4n) is 5.31. The number of unbranched alkanes of at least 4 members (excludes halogenated alkanes) is 16. The zero-order valence-corrected chi connectivity index (χ0v) is 29.8. The summed E-state index contributed by atoms with van der Waals surface area (Å²) in [6.45, 7) is 11.1. The van der Waals surface area contributed by atoms with Gasteiger partial charge in [-0.3, -0.25) is 14.4 Å². The molecule has 0 N–H and O–H groups in total. The molecule has 0 bridgehead atoms. The van der Waals surface area contributed by atoms with Crippen molar-refractivity contribution in [1.82, 2.24) is 0 Å². The van der Waals surface area contributed by atoms with E-state index in [0.717, 1.165) is 76.0 Å². The minimum absolute atomic E-state index is 0.0687. The van der Waals surface area contributed by atoms with E-state index in [1.165, 1.54) is 77.0 Å². The largest absolute Gasteiger partial charge is 0.462 e. The van der Waals surface area contributed by atoms with Crippen molar-refractivity contribution in [3.8, 4) is 0 Å². The van der Waals surface area contributed by atoms with Crippen LogP contribution in [0.3, 0.4) is 0 Å². The molecule has 0 aromatic carbocycles. The van der Waals surface area contributed by atoms with Crippen molar-refractivity contribution in [3.63, 3.8) is 0 Å². The minimum Gasteiger partial charge on any atom is -0.462 e. The van der Waals surface area contributed by atoms with Crippen LogP contribution in [0.25, 0.3) is 0 Å². The van der Waals surface area contributed by atoms with Gasteiger partial charge in [0.2, 0.25) is 0 Å². The Bertz CT molecular complexity index is 676. The molecule has 1 unspecified atom stereocenters. The lowest BCUT2D eigenvalue weighted by Gasteiger charge is -2.18. The second kappa shape index (κ2) is 31.4. The van der Waals surface area contributed by atoms with Gasteiger partial charge >= 0.3 is 17.9 Å². The molecule has 2 atom stereocenters. The Labute approximate surface area is 272 Å². The zero-order valence-electron chi connectivity index (χ0n) is 29.8. The van der Waals surface area contributed by atoms with Gasteiger partial charge in [0, 0.05) is 19.3 Å². The van der Waals surface area contributed by atoms with Gasteiger partial charge in [-0.15, -0.1) is 0 Å². The van der Waals surface area contributed by atoms with Crippen LogP contribution in [0.1, 0.15) is 195 Å². The Morgan fingerprint density at radius 3 is 1.30 bits per heavy atom.